The second-order valence-electron chi connectivity index (χ2n) is 10.4. The highest BCUT2D eigenvalue weighted by Crippen LogP contribution is 2.34. The minimum Gasteiger partial charge on any atom is -0.326 e. The summed E-state index contributed by atoms with van der Waals surface area (Å²) in [6.07, 6.45) is 10.8. The number of imidazole rings is 1. The van der Waals surface area contributed by atoms with E-state index in [1.54, 1.807) is 28.7 Å². The molecule has 4 heterocycles. The van der Waals surface area contributed by atoms with Gasteiger partial charge in [-0.05, 0) is 62.1 Å². The van der Waals surface area contributed by atoms with E-state index in [2.05, 4.69) is 39.1 Å². The van der Waals surface area contributed by atoms with Crippen molar-refractivity contribution in [2.24, 2.45) is 0 Å². The molecule has 194 valence electrons. The van der Waals surface area contributed by atoms with E-state index in [1.165, 1.54) is 6.42 Å². The standard InChI is InChI=1S/C29H30N6O2S/c36-38(37,34-13-1-2-14-34)23-7-3-5-21(15-23)27-18-31-26-11-9-24(29(26)33-27)20-8-10-25-28(16-20)35(19-32-25)22-6-4-12-30-17-22/h3,5,7-10,15-16,18-19,22,30H,1-2,4,6,11-14,17H2. The van der Waals surface area contributed by atoms with Crippen LogP contribution < -0.4 is 5.32 Å². The van der Waals surface area contributed by atoms with Gasteiger partial charge in [0.15, 0.2) is 0 Å². The van der Waals surface area contributed by atoms with E-state index in [9.17, 15) is 8.42 Å². The molecule has 0 bridgehead atoms. The van der Waals surface area contributed by atoms with Crippen LogP contribution in [0.15, 0.2) is 66.0 Å². The molecule has 2 aliphatic heterocycles. The summed E-state index contributed by atoms with van der Waals surface area (Å²) >= 11 is 0. The highest BCUT2D eigenvalue weighted by Gasteiger charge is 2.28. The summed E-state index contributed by atoms with van der Waals surface area (Å²) in [5, 5.41) is 3.50. The summed E-state index contributed by atoms with van der Waals surface area (Å²) < 4.78 is 30.2. The summed E-state index contributed by atoms with van der Waals surface area (Å²) in [6, 6.07) is 13.9. The molecule has 0 saturated carbocycles. The number of aromatic nitrogens is 4. The van der Waals surface area contributed by atoms with Gasteiger partial charge in [0.2, 0.25) is 10.0 Å². The van der Waals surface area contributed by atoms with E-state index in [0.29, 0.717) is 29.7 Å². The monoisotopic (exact) mass is 526 g/mol. The SMILES string of the molecule is O=S(=O)(c1cccc(-c2cnc3c(n2)C(c2ccc4ncn(C5CCCNC5)c4c2)=CC3)c1)N1CCCC1. The molecular weight excluding hydrogens is 496 g/mol. The Bertz CT molecular complexity index is 1660. The molecule has 4 aromatic rings. The van der Waals surface area contributed by atoms with Crippen molar-refractivity contribution in [3.8, 4) is 11.3 Å². The summed E-state index contributed by atoms with van der Waals surface area (Å²) in [5.41, 5.74) is 7.52. The van der Waals surface area contributed by atoms with Gasteiger partial charge in [-0.25, -0.2) is 18.4 Å². The van der Waals surface area contributed by atoms with Gasteiger partial charge in [0.25, 0.3) is 0 Å². The Kier molecular flexibility index (Phi) is 5.87. The number of nitrogens with one attached hydrogen (secondary N) is 1. The molecule has 38 heavy (non-hydrogen) atoms. The van der Waals surface area contributed by atoms with Gasteiger partial charge in [-0.2, -0.15) is 4.31 Å². The second-order valence-corrected chi connectivity index (χ2v) is 12.3. The van der Waals surface area contributed by atoms with Crippen molar-refractivity contribution in [1.29, 1.82) is 0 Å². The lowest BCUT2D eigenvalue weighted by Crippen LogP contribution is -2.31. The van der Waals surface area contributed by atoms with E-state index < -0.39 is 10.0 Å². The lowest BCUT2D eigenvalue weighted by atomic mass is 10.0. The van der Waals surface area contributed by atoms with Gasteiger partial charge < -0.3 is 9.88 Å². The molecule has 2 fully saturated rings. The first-order valence-electron chi connectivity index (χ1n) is 13.4. The summed E-state index contributed by atoms with van der Waals surface area (Å²) in [6.45, 7) is 3.20. The first kappa shape index (κ1) is 23.7. The number of hydrogen-bond acceptors (Lipinski definition) is 6. The third-order valence-corrected chi connectivity index (χ3v) is 9.88. The van der Waals surface area contributed by atoms with Gasteiger partial charge in [-0.15, -0.1) is 0 Å². The zero-order valence-electron chi connectivity index (χ0n) is 21.2. The van der Waals surface area contributed by atoms with Gasteiger partial charge in [0.05, 0.1) is 45.5 Å². The number of rotatable bonds is 5. The molecule has 9 heteroatoms. The minimum atomic E-state index is -3.50. The highest BCUT2D eigenvalue weighted by atomic mass is 32.2. The lowest BCUT2D eigenvalue weighted by molar-refractivity contribution is 0.378. The van der Waals surface area contributed by atoms with Crippen LogP contribution in [-0.2, 0) is 16.4 Å². The molecule has 2 aromatic heterocycles. The topological polar surface area (TPSA) is 93.0 Å². The van der Waals surface area contributed by atoms with Gasteiger partial charge in [-0.3, -0.25) is 4.98 Å². The van der Waals surface area contributed by atoms with Crippen LogP contribution in [0.1, 0.15) is 48.7 Å². The molecule has 0 amide bonds. The van der Waals surface area contributed by atoms with Crippen LogP contribution in [0.25, 0.3) is 27.9 Å². The van der Waals surface area contributed by atoms with Gasteiger partial charge in [0.1, 0.15) is 0 Å². The van der Waals surface area contributed by atoms with Crippen LogP contribution in [0, 0.1) is 0 Å². The molecule has 2 aromatic carbocycles. The first-order chi connectivity index (χ1) is 18.6. The average Bonchev–Trinajstić information content (AvgIpc) is 3.73. The van der Waals surface area contributed by atoms with Crippen molar-refractivity contribution in [3.05, 3.63) is 78.0 Å². The van der Waals surface area contributed by atoms with Crippen molar-refractivity contribution < 1.29 is 8.42 Å². The first-order valence-corrected chi connectivity index (χ1v) is 14.9. The number of benzene rings is 2. The molecule has 1 aliphatic carbocycles. The number of allylic oxidation sites excluding steroid dienone is 1. The van der Waals surface area contributed by atoms with Crippen LogP contribution in [0.3, 0.4) is 0 Å². The number of sulfonamides is 1. The van der Waals surface area contributed by atoms with Crippen molar-refractivity contribution >= 4 is 26.6 Å². The largest absolute Gasteiger partial charge is 0.326 e. The fourth-order valence-electron chi connectivity index (χ4n) is 5.92. The number of nitrogens with zero attached hydrogens (tertiary/aromatic N) is 5. The molecule has 7 rings (SSSR count). The second kappa shape index (κ2) is 9.41. The van der Waals surface area contributed by atoms with Crippen LogP contribution >= 0.6 is 0 Å². The minimum absolute atomic E-state index is 0.311. The van der Waals surface area contributed by atoms with Crippen molar-refractivity contribution in [3.63, 3.8) is 0 Å². The number of piperidine rings is 1. The van der Waals surface area contributed by atoms with Gasteiger partial charge in [-0.1, -0.05) is 24.3 Å². The van der Waals surface area contributed by atoms with Crippen molar-refractivity contribution in [2.45, 2.75) is 43.0 Å². The summed E-state index contributed by atoms with van der Waals surface area (Å²) in [4.78, 5) is 14.7. The third-order valence-electron chi connectivity index (χ3n) is 7.99. The zero-order chi connectivity index (χ0) is 25.7. The zero-order valence-corrected chi connectivity index (χ0v) is 22.0. The molecule has 1 unspecified atom stereocenters. The predicted octanol–water partition coefficient (Wildman–Crippen LogP) is 4.19. The van der Waals surface area contributed by atoms with Crippen molar-refractivity contribution in [1.82, 2.24) is 29.1 Å². The molecular formula is C29H30N6O2S. The van der Waals surface area contributed by atoms with E-state index in [0.717, 1.165) is 77.9 Å². The predicted molar refractivity (Wildman–Crippen MR) is 147 cm³/mol. The molecule has 0 radical (unpaired) electrons. The molecule has 1 N–H and O–H groups in total. The molecule has 0 spiro atoms. The molecule has 8 nitrogen and oxygen atoms in total. The van der Waals surface area contributed by atoms with E-state index in [4.69, 9.17) is 9.97 Å². The third kappa shape index (κ3) is 4.05. The Balaban J connectivity index is 1.23. The van der Waals surface area contributed by atoms with Crippen molar-refractivity contribution in [2.75, 3.05) is 26.2 Å². The quantitative estimate of drug-likeness (QED) is 0.419. The van der Waals surface area contributed by atoms with E-state index in [1.807, 2.05) is 12.4 Å². The maximum absolute atomic E-state index is 13.1. The maximum Gasteiger partial charge on any atom is 0.243 e. The number of fused-ring (bicyclic) bond motifs is 2. The fraction of sp³-hybridized carbons (Fsp3) is 0.345. The van der Waals surface area contributed by atoms with Gasteiger partial charge >= 0.3 is 0 Å². The lowest BCUT2D eigenvalue weighted by Gasteiger charge is -2.24. The maximum atomic E-state index is 13.1. The Hall–Kier alpha value is -3.40. The summed E-state index contributed by atoms with van der Waals surface area (Å²) in [7, 11) is -3.50. The van der Waals surface area contributed by atoms with Crippen LogP contribution in [0.5, 0.6) is 0 Å². The van der Waals surface area contributed by atoms with Crippen LogP contribution in [-0.4, -0.2) is 58.4 Å². The van der Waals surface area contributed by atoms with E-state index >= 15 is 0 Å². The smallest absolute Gasteiger partial charge is 0.243 e. The van der Waals surface area contributed by atoms with Crippen LogP contribution in [0.4, 0.5) is 0 Å². The summed E-state index contributed by atoms with van der Waals surface area (Å²) in [5.74, 6) is 0. The molecule has 1 atom stereocenters. The Morgan fingerprint density at radius 2 is 1.87 bits per heavy atom. The Labute approximate surface area is 222 Å². The Morgan fingerprint density at radius 1 is 0.974 bits per heavy atom. The van der Waals surface area contributed by atoms with E-state index in [-0.39, 0.29) is 0 Å². The molecule has 3 aliphatic rings. The Morgan fingerprint density at radius 3 is 2.71 bits per heavy atom. The molecule has 2 saturated heterocycles. The normalized spacial score (nSPS) is 20.1. The fourth-order valence-corrected chi connectivity index (χ4v) is 7.48. The average molecular weight is 527 g/mol. The van der Waals surface area contributed by atoms with Gasteiger partial charge in [0, 0.05) is 43.2 Å². The van der Waals surface area contributed by atoms with Crippen LogP contribution in [0.2, 0.25) is 0 Å². The number of hydrogen-bond donors (Lipinski definition) is 1. The highest BCUT2D eigenvalue weighted by molar-refractivity contribution is 7.89.